The van der Waals surface area contributed by atoms with Gasteiger partial charge in [-0.3, -0.25) is 0 Å². The topological polar surface area (TPSA) is 50.2 Å². The molecule has 0 amide bonds. The minimum absolute atomic E-state index is 0.458. The molecule has 0 aliphatic rings. The number of aryl methyl sites for hydroxylation is 2. The van der Waals surface area contributed by atoms with Crippen molar-refractivity contribution < 1.29 is 0 Å². The van der Waals surface area contributed by atoms with Gasteiger partial charge in [-0.25, -0.2) is 15.4 Å². The molecular formula is C14H14Cl2N4. The SMILES string of the molecule is C/C(=N\Nc1nc(C)cc(C)n1)c1cc(Cl)ccc1Cl. The zero-order chi connectivity index (χ0) is 14.7. The van der Waals surface area contributed by atoms with Crippen molar-refractivity contribution in [3.8, 4) is 0 Å². The third kappa shape index (κ3) is 3.68. The van der Waals surface area contributed by atoms with Crippen LogP contribution in [-0.2, 0) is 0 Å². The van der Waals surface area contributed by atoms with Crippen molar-refractivity contribution in [2.75, 3.05) is 5.43 Å². The Labute approximate surface area is 127 Å². The average molecular weight is 309 g/mol. The number of hydrogen-bond acceptors (Lipinski definition) is 4. The van der Waals surface area contributed by atoms with Gasteiger partial charge in [-0.05, 0) is 45.0 Å². The first-order valence-electron chi connectivity index (χ1n) is 6.03. The molecule has 0 radical (unpaired) electrons. The molecule has 20 heavy (non-hydrogen) atoms. The summed E-state index contributed by atoms with van der Waals surface area (Å²) in [6.45, 7) is 5.65. The van der Waals surface area contributed by atoms with Crippen LogP contribution in [0, 0.1) is 13.8 Å². The molecule has 0 aliphatic heterocycles. The molecule has 1 aromatic heterocycles. The molecule has 0 spiro atoms. The Bertz CT molecular complexity index is 648. The third-order valence-corrected chi connectivity index (χ3v) is 3.19. The van der Waals surface area contributed by atoms with E-state index in [1.165, 1.54) is 0 Å². The molecule has 1 aromatic carbocycles. The molecule has 2 rings (SSSR count). The van der Waals surface area contributed by atoms with Crippen LogP contribution in [0.15, 0.2) is 29.4 Å². The smallest absolute Gasteiger partial charge is 0.243 e. The molecule has 6 heteroatoms. The molecule has 0 bridgehead atoms. The van der Waals surface area contributed by atoms with E-state index in [0.29, 0.717) is 21.7 Å². The number of anilines is 1. The summed E-state index contributed by atoms with van der Waals surface area (Å²) < 4.78 is 0. The summed E-state index contributed by atoms with van der Waals surface area (Å²) in [7, 11) is 0. The number of halogens is 2. The van der Waals surface area contributed by atoms with Crippen LogP contribution in [0.2, 0.25) is 10.0 Å². The van der Waals surface area contributed by atoms with E-state index in [1.54, 1.807) is 18.2 Å². The maximum absolute atomic E-state index is 6.12. The van der Waals surface area contributed by atoms with E-state index in [2.05, 4.69) is 20.5 Å². The number of hydrogen-bond donors (Lipinski definition) is 1. The second-order valence-corrected chi connectivity index (χ2v) is 5.25. The molecule has 1 N–H and O–H groups in total. The summed E-state index contributed by atoms with van der Waals surface area (Å²) in [5.41, 5.74) is 6.08. The van der Waals surface area contributed by atoms with Crippen molar-refractivity contribution >= 4 is 34.9 Å². The number of benzene rings is 1. The second-order valence-electron chi connectivity index (χ2n) is 4.41. The number of nitrogens with zero attached hydrogens (tertiary/aromatic N) is 3. The molecule has 2 aromatic rings. The average Bonchev–Trinajstić information content (AvgIpc) is 2.38. The first-order chi connectivity index (χ1) is 9.45. The lowest BCUT2D eigenvalue weighted by atomic mass is 10.1. The summed E-state index contributed by atoms with van der Waals surface area (Å²) in [6, 6.07) is 7.15. The van der Waals surface area contributed by atoms with E-state index in [-0.39, 0.29) is 0 Å². The standard InChI is InChI=1S/C14H14Cl2N4/c1-8-6-9(2)18-14(17-8)20-19-10(3)12-7-11(15)4-5-13(12)16/h4-7H,1-3H3,(H,17,18,20)/b19-10+. The molecule has 0 atom stereocenters. The van der Waals surface area contributed by atoms with Gasteiger partial charge in [-0.15, -0.1) is 0 Å². The van der Waals surface area contributed by atoms with Crippen molar-refractivity contribution in [2.45, 2.75) is 20.8 Å². The van der Waals surface area contributed by atoms with Crippen molar-refractivity contribution in [1.29, 1.82) is 0 Å². The summed E-state index contributed by atoms with van der Waals surface area (Å²) >= 11 is 12.1. The minimum atomic E-state index is 0.458. The van der Waals surface area contributed by atoms with Crippen molar-refractivity contribution in [3.63, 3.8) is 0 Å². The van der Waals surface area contributed by atoms with Crippen molar-refractivity contribution in [3.05, 3.63) is 51.3 Å². The zero-order valence-corrected chi connectivity index (χ0v) is 12.9. The van der Waals surface area contributed by atoms with Crippen molar-refractivity contribution in [1.82, 2.24) is 9.97 Å². The highest BCUT2D eigenvalue weighted by atomic mass is 35.5. The first kappa shape index (κ1) is 14.8. The lowest BCUT2D eigenvalue weighted by Gasteiger charge is -2.06. The molecule has 0 unspecified atom stereocenters. The fourth-order valence-electron chi connectivity index (χ4n) is 1.74. The van der Waals surface area contributed by atoms with Gasteiger partial charge in [0.15, 0.2) is 0 Å². The Kier molecular flexibility index (Phi) is 4.57. The number of nitrogens with one attached hydrogen (secondary N) is 1. The highest BCUT2D eigenvalue weighted by Crippen LogP contribution is 2.21. The minimum Gasteiger partial charge on any atom is -0.245 e. The van der Waals surface area contributed by atoms with Crippen LogP contribution in [0.5, 0.6) is 0 Å². The molecule has 0 saturated carbocycles. The van der Waals surface area contributed by atoms with E-state index in [9.17, 15) is 0 Å². The fraction of sp³-hybridized carbons (Fsp3) is 0.214. The van der Waals surface area contributed by atoms with Gasteiger partial charge in [-0.1, -0.05) is 23.2 Å². The predicted octanol–water partition coefficient (Wildman–Crippen LogP) is 4.24. The van der Waals surface area contributed by atoms with Crippen LogP contribution in [-0.4, -0.2) is 15.7 Å². The Morgan fingerprint density at radius 3 is 2.40 bits per heavy atom. The van der Waals surface area contributed by atoms with Gasteiger partial charge < -0.3 is 0 Å². The third-order valence-electron chi connectivity index (χ3n) is 2.62. The van der Waals surface area contributed by atoms with Crippen LogP contribution in [0.25, 0.3) is 0 Å². The van der Waals surface area contributed by atoms with E-state index >= 15 is 0 Å². The molecule has 1 heterocycles. The molecule has 0 aliphatic carbocycles. The van der Waals surface area contributed by atoms with E-state index < -0.39 is 0 Å². The highest BCUT2D eigenvalue weighted by molar-refractivity contribution is 6.36. The largest absolute Gasteiger partial charge is 0.245 e. The van der Waals surface area contributed by atoms with Gasteiger partial charge in [0.25, 0.3) is 0 Å². The number of aromatic nitrogens is 2. The Hall–Kier alpha value is -1.65. The predicted molar refractivity (Wildman–Crippen MR) is 83.8 cm³/mol. The van der Waals surface area contributed by atoms with Gasteiger partial charge in [0.2, 0.25) is 5.95 Å². The lowest BCUT2D eigenvalue weighted by Crippen LogP contribution is -2.04. The summed E-state index contributed by atoms with van der Waals surface area (Å²) in [5.74, 6) is 0.458. The monoisotopic (exact) mass is 308 g/mol. The van der Waals surface area contributed by atoms with Gasteiger partial charge in [-0.2, -0.15) is 5.10 Å². The van der Waals surface area contributed by atoms with Crippen molar-refractivity contribution in [2.24, 2.45) is 5.10 Å². The highest BCUT2D eigenvalue weighted by Gasteiger charge is 2.05. The van der Waals surface area contributed by atoms with Crippen LogP contribution in [0.3, 0.4) is 0 Å². The summed E-state index contributed by atoms with van der Waals surface area (Å²) in [6.07, 6.45) is 0. The molecule has 4 nitrogen and oxygen atoms in total. The van der Waals surface area contributed by atoms with Crippen LogP contribution in [0.4, 0.5) is 5.95 Å². The van der Waals surface area contributed by atoms with Gasteiger partial charge in [0, 0.05) is 27.0 Å². The second kappa shape index (κ2) is 6.20. The normalized spacial score (nSPS) is 11.6. The first-order valence-corrected chi connectivity index (χ1v) is 6.79. The van der Waals surface area contributed by atoms with Crippen LogP contribution < -0.4 is 5.43 Å². The zero-order valence-electron chi connectivity index (χ0n) is 11.4. The molecule has 104 valence electrons. The molecule has 0 fully saturated rings. The number of rotatable bonds is 3. The molecule has 0 saturated heterocycles. The van der Waals surface area contributed by atoms with E-state index in [4.69, 9.17) is 23.2 Å². The maximum Gasteiger partial charge on any atom is 0.243 e. The maximum atomic E-state index is 6.12. The Balaban J connectivity index is 2.24. The Morgan fingerprint density at radius 1 is 1.10 bits per heavy atom. The number of hydrazone groups is 1. The van der Waals surface area contributed by atoms with Gasteiger partial charge in [0.05, 0.1) is 5.71 Å². The lowest BCUT2D eigenvalue weighted by molar-refractivity contribution is 1.03. The summed E-state index contributed by atoms with van der Waals surface area (Å²) in [5, 5.41) is 5.46. The quantitative estimate of drug-likeness (QED) is 0.681. The fourth-order valence-corrected chi connectivity index (χ4v) is 2.17. The van der Waals surface area contributed by atoms with Crippen LogP contribution >= 0.6 is 23.2 Å². The van der Waals surface area contributed by atoms with Crippen LogP contribution in [0.1, 0.15) is 23.9 Å². The van der Waals surface area contributed by atoms with E-state index in [0.717, 1.165) is 17.0 Å². The van der Waals surface area contributed by atoms with E-state index in [1.807, 2.05) is 26.8 Å². The van der Waals surface area contributed by atoms with Gasteiger partial charge >= 0.3 is 0 Å². The van der Waals surface area contributed by atoms with Gasteiger partial charge in [0.1, 0.15) is 0 Å². The summed E-state index contributed by atoms with van der Waals surface area (Å²) in [4.78, 5) is 8.50. The Morgan fingerprint density at radius 2 is 1.75 bits per heavy atom. The molecular weight excluding hydrogens is 295 g/mol.